The number of anilines is 1. The largest absolute Gasteiger partial charge is 0.483 e. The summed E-state index contributed by atoms with van der Waals surface area (Å²) < 4.78 is 51.8. The number of benzene rings is 2. The fourth-order valence-corrected chi connectivity index (χ4v) is 3.03. The highest BCUT2D eigenvalue weighted by Crippen LogP contribution is 2.22. The Morgan fingerprint density at radius 3 is 2.56 bits per heavy atom. The molecule has 0 saturated carbocycles. The summed E-state index contributed by atoms with van der Waals surface area (Å²) in [6.45, 7) is 0.168. The van der Waals surface area contributed by atoms with Gasteiger partial charge in [-0.1, -0.05) is 23.7 Å². The van der Waals surface area contributed by atoms with Crippen LogP contribution in [0.4, 0.5) is 19.0 Å². The number of hydrogen-bond donors (Lipinski definition) is 1. The van der Waals surface area contributed by atoms with E-state index in [0.717, 1.165) is 17.7 Å². The molecule has 0 aliphatic rings. The first kappa shape index (κ1) is 21.5. The van der Waals surface area contributed by atoms with Gasteiger partial charge in [0.05, 0.1) is 6.54 Å². The molecule has 0 saturated heterocycles. The van der Waals surface area contributed by atoms with Crippen molar-refractivity contribution in [2.45, 2.75) is 13.2 Å². The van der Waals surface area contributed by atoms with Crippen LogP contribution in [-0.4, -0.2) is 15.7 Å². The molecule has 0 bridgehead atoms. The van der Waals surface area contributed by atoms with Crippen molar-refractivity contribution < 1.29 is 27.1 Å². The second-order valence-corrected chi connectivity index (χ2v) is 7.14. The minimum atomic E-state index is -0.847. The number of carbonyl (C=O) groups is 1. The molecular weight excluding hydrogens is 447 g/mol. The highest BCUT2D eigenvalue weighted by molar-refractivity contribution is 6.33. The number of rotatable bonds is 7. The average Bonchev–Trinajstić information content (AvgIpc) is 3.36. The third-order valence-electron chi connectivity index (χ3n) is 4.36. The van der Waals surface area contributed by atoms with E-state index in [0.29, 0.717) is 12.6 Å². The standard InChI is InChI=1S/C22H15ClF3N3O3/c23-17-11-29(10-13-1-3-14(24)4-2-13)28-21(17)27-22(30)20-8-6-16(32-20)12-31-19-7-5-15(25)9-18(19)26/h1-9,11H,10,12H2,(H,27,28,30). The molecular formula is C22H15ClF3N3O3. The zero-order valence-electron chi connectivity index (χ0n) is 16.3. The monoisotopic (exact) mass is 461 g/mol. The molecule has 2 heterocycles. The van der Waals surface area contributed by atoms with Gasteiger partial charge >= 0.3 is 0 Å². The summed E-state index contributed by atoms with van der Waals surface area (Å²) in [5.74, 6) is -2.30. The zero-order chi connectivity index (χ0) is 22.7. The molecule has 2 aromatic carbocycles. The van der Waals surface area contributed by atoms with Crippen molar-refractivity contribution in [3.63, 3.8) is 0 Å². The Morgan fingerprint density at radius 2 is 1.81 bits per heavy atom. The first-order chi connectivity index (χ1) is 15.4. The molecule has 10 heteroatoms. The lowest BCUT2D eigenvalue weighted by Gasteiger charge is -2.05. The number of furan rings is 1. The maximum atomic E-state index is 13.6. The summed E-state index contributed by atoms with van der Waals surface area (Å²) >= 11 is 6.15. The molecule has 4 rings (SSSR count). The second-order valence-electron chi connectivity index (χ2n) is 6.73. The first-order valence-electron chi connectivity index (χ1n) is 9.33. The third kappa shape index (κ3) is 5.12. The maximum absolute atomic E-state index is 13.6. The fourth-order valence-electron chi connectivity index (χ4n) is 2.83. The molecule has 0 unspecified atom stereocenters. The van der Waals surface area contributed by atoms with E-state index in [4.69, 9.17) is 20.8 Å². The minimum absolute atomic E-state index is 0.0349. The van der Waals surface area contributed by atoms with Crippen molar-refractivity contribution in [1.29, 1.82) is 0 Å². The van der Waals surface area contributed by atoms with Crippen molar-refractivity contribution in [3.8, 4) is 5.75 Å². The van der Waals surface area contributed by atoms with Gasteiger partial charge in [0.2, 0.25) is 0 Å². The lowest BCUT2D eigenvalue weighted by Crippen LogP contribution is -2.12. The van der Waals surface area contributed by atoms with Gasteiger partial charge in [0.15, 0.2) is 23.1 Å². The molecule has 6 nitrogen and oxygen atoms in total. The fraction of sp³-hybridized carbons (Fsp3) is 0.0909. The number of hydrogen-bond acceptors (Lipinski definition) is 4. The Kier molecular flexibility index (Phi) is 6.18. The van der Waals surface area contributed by atoms with Gasteiger partial charge in [-0.25, -0.2) is 13.2 Å². The van der Waals surface area contributed by atoms with Crippen molar-refractivity contribution in [2.75, 3.05) is 5.32 Å². The van der Waals surface area contributed by atoms with Gasteiger partial charge in [-0.2, -0.15) is 5.10 Å². The Balaban J connectivity index is 1.37. The normalized spacial score (nSPS) is 10.9. The molecule has 0 radical (unpaired) electrons. The van der Waals surface area contributed by atoms with Crippen LogP contribution in [0.2, 0.25) is 5.02 Å². The molecule has 32 heavy (non-hydrogen) atoms. The van der Waals surface area contributed by atoms with Crippen LogP contribution in [0.15, 0.2) is 65.2 Å². The molecule has 0 fully saturated rings. The summed E-state index contributed by atoms with van der Waals surface area (Å²) in [5.41, 5.74) is 0.803. The van der Waals surface area contributed by atoms with Crippen molar-refractivity contribution in [2.24, 2.45) is 0 Å². The second kappa shape index (κ2) is 9.19. The molecule has 1 amide bonds. The number of nitrogens with zero attached hydrogens (tertiary/aromatic N) is 2. The van der Waals surface area contributed by atoms with Crippen LogP contribution < -0.4 is 10.1 Å². The number of amides is 1. The van der Waals surface area contributed by atoms with E-state index < -0.39 is 17.5 Å². The Morgan fingerprint density at radius 1 is 1.06 bits per heavy atom. The van der Waals surface area contributed by atoms with Crippen LogP contribution in [0.1, 0.15) is 21.9 Å². The summed E-state index contributed by atoms with van der Waals surface area (Å²) in [6.07, 6.45) is 1.53. The molecule has 0 aliphatic heterocycles. The van der Waals surface area contributed by atoms with E-state index in [1.807, 2.05) is 0 Å². The topological polar surface area (TPSA) is 69.3 Å². The van der Waals surface area contributed by atoms with Gasteiger partial charge in [0, 0.05) is 12.3 Å². The minimum Gasteiger partial charge on any atom is -0.483 e. The zero-order valence-corrected chi connectivity index (χ0v) is 17.1. The van der Waals surface area contributed by atoms with Gasteiger partial charge in [0.25, 0.3) is 5.91 Å². The summed E-state index contributed by atoms with van der Waals surface area (Å²) in [7, 11) is 0. The summed E-state index contributed by atoms with van der Waals surface area (Å²) in [6, 6.07) is 11.8. The van der Waals surface area contributed by atoms with Crippen molar-refractivity contribution in [1.82, 2.24) is 9.78 Å². The van der Waals surface area contributed by atoms with Crippen LogP contribution >= 0.6 is 11.6 Å². The maximum Gasteiger partial charge on any atom is 0.292 e. The summed E-state index contributed by atoms with van der Waals surface area (Å²) in [4.78, 5) is 12.5. The van der Waals surface area contributed by atoms with E-state index in [2.05, 4.69) is 10.4 Å². The van der Waals surface area contributed by atoms with Crippen LogP contribution in [0.25, 0.3) is 0 Å². The van der Waals surface area contributed by atoms with Crippen LogP contribution in [0.3, 0.4) is 0 Å². The lowest BCUT2D eigenvalue weighted by molar-refractivity contribution is 0.0992. The highest BCUT2D eigenvalue weighted by atomic mass is 35.5. The van der Waals surface area contributed by atoms with Gasteiger partial charge < -0.3 is 14.5 Å². The number of aromatic nitrogens is 2. The molecule has 0 aliphatic carbocycles. The molecule has 4 aromatic rings. The van der Waals surface area contributed by atoms with Crippen LogP contribution in [-0.2, 0) is 13.2 Å². The molecule has 2 aromatic heterocycles. The molecule has 1 N–H and O–H groups in total. The summed E-state index contributed by atoms with van der Waals surface area (Å²) in [5, 5.41) is 6.97. The number of halogens is 4. The van der Waals surface area contributed by atoms with E-state index >= 15 is 0 Å². The number of ether oxygens (including phenoxy) is 1. The predicted molar refractivity (Wildman–Crippen MR) is 110 cm³/mol. The first-order valence-corrected chi connectivity index (χ1v) is 9.70. The van der Waals surface area contributed by atoms with E-state index in [9.17, 15) is 18.0 Å². The van der Waals surface area contributed by atoms with E-state index in [1.165, 1.54) is 35.1 Å². The van der Waals surface area contributed by atoms with Crippen LogP contribution in [0, 0.1) is 17.5 Å². The average molecular weight is 462 g/mol. The van der Waals surface area contributed by atoms with Gasteiger partial charge in [-0.3, -0.25) is 9.48 Å². The lowest BCUT2D eigenvalue weighted by atomic mass is 10.2. The van der Waals surface area contributed by atoms with Crippen molar-refractivity contribution >= 4 is 23.3 Å². The van der Waals surface area contributed by atoms with Crippen LogP contribution in [0.5, 0.6) is 5.75 Å². The van der Waals surface area contributed by atoms with E-state index in [-0.39, 0.29) is 40.5 Å². The van der Waals surface area contributed by atoms with Crippen molar-refractivity contribution in [3.05, 3.63) is 100 Å². The number of nitrogens with one attached hydrogen (secondary N) is 1. The van der Waals surface area contributed by atoms with Gasteiger partial charge in [0.1, 0.15) is 29.0 Å². The predicted octanol–water partition coefficient (Wildman–Crippen LogP) is 5.43. The van der Waals surface area contributed by atoms with E-state index in [1.54, 1.807) is 12.1 Å². The SMILES string of the molecule is O=C(Nc1nn(Cc2ccc(F)cc2)cc1Cl)c1ccc(COc2ccc(F)cc2F)o1. The number of carbonyl (C=O) groups excluding carboxylic acids is 1. The van der Waals surface area contributed by atoms with Gasteiger partial charge in [-0.15, -0.1) is 0 Å². The Labute approximate surface area is 185 Å². The smallest absolute Gasteiger partial charge is 0.292 e. The molecule has 164 valence electrons. The molecule has 0 spiro atoms. The Bertz CT molecular complexity index is 1260. The quantitative estimate of drug-likeness (QED) is 0.398. The molecule has 0 atom stereocenters. The Hall–Kier alpha value is -3.72. The third-order valence-corrected chi connectivity index (χ3v) is 4.63. The van der Waals surface area contributed by atoms with Gasteiger partial charge in [-0.05, 0) is 42.0 Å². The highest BCUT2D eigenvalue weighted by Gasteiger charge is 2.16.